The molecule has 0 fully saturated rings. The lowest BCUT2D eigenvalue weighted by Gasteiger charge is -2.24. The first-order chi connectivity index (χ1) is 16.1. The Balaban J connectivity index is 1.90. The molecule has 11 heteroatoms. The maximum Gasteiger partial charge on any atom is 0.264 e. The molecule has 180 valence electrons. The molecule has 0 aliphatic carbocycles. The van der Waals surface area contributed by atoms with E-state index < -0.39 is 28.3 Å². The Hall–Kier alpha value is -3.01. The van der Waals surface area contributed by atoms with Gasteiger partial charge < -0.3 is 14.8 Å². The maximum absolute atomic E-state index is 13.5. The molecule has 3 rings (SSSR count). The van der Waals surface area contributed by atoms with Crippen molar-refractivity contribution in [2.75, 3.05) is 25.1 Å². The maximum atomic E-state index is 13.5. The first kappa shape index (κ1) is 25.6. The second kappa shape index (κ2) is 10.9. The zero-order valence-electron chi connectivity index (χ0n) is 18.2. The van der Waals surface area contributed by atoms with Crippen LogP contribution >= 0.6 is 23.2 Å². The first-order valence-electron chi connectivity index (χ1n) is 9.86. The number of carbonyl (C=O) groups is 1. The summed E-state index contributed by atoms with van der Waals surface area (Å²) in [5, 5.41) is 3.45. The zero-order valence-corrected chi connectivity index (χ0v) is 20.5. The Morgan fingerprint density at radius 3 is 2.26 bits per heavy atom. The van der Waals surface area contributed by atoms with Gasteiger partial charge in [-0.2, -0.15) is 0 Å². The molecule has 0 aromatic heterocycles. The van der Waals surface area contributed by atoms with Crippen LogP contribution in [-0.4, -0.2) is 35.1 Å². The molecule has 3 aromatic rings. The van der Waals surface area contributed by atoms with Gasteiger partial charge in [-0.3, -0.25) is 9.10 Å². The van der Waals surface area contributed by atoms with E-state index in [1.807, 2.05) is 0 Å². The predicted molar refractivity (Wildman–Crippen MR) is 129 cm³/mol. The number of benzene rings is 3. The van der Waals surface area contributed by atoms with Gasteiger partial charge in [-0.05, 0) is 54.1 Å². The molecule has 1 amide bonds. The highest BCUT2D eigenvalue weighted by Gasteiger charge is 2.28. The quantitative estimate of drug-likeness (QED) is 0.438. The Labute approximate surface area is 207 Å². The minimum atomic E-state index is -4.25. The molecule has 1 N–H and O–H groups in total. The number of amides is 1. The molecule has 0 aliphatic rings. The van der Waals surface area contributed by atoms with Crippen LogP contribution < -0.4 is 19.1 Å². The van der Waals surface area contributed by atoms with Crippen molar-refractivity contribution >= 4 is 44.8 Å². The number of sulfonamides is 1. The second-order valence-corrected chi connectivity index (χ2v) is 9.72. The summed E-state index contributed by atoms with van der Waals surface area (Å²) in [4.78, 5) is 12.6. The number of carbonyl (C=O) groups excluding carboxylic acids is 1. The van der Waals surface area contributed by atoms with Gasteiger partial charge in [0.1, 0.15) is 12.4 Å². The van der Waals surface area contributed by atoms with Crippen LogP contribution in [0.2, 0.25) is 10.0 Å². The van der Waals surface area contributed by atoms with Crippen LogP contribution in [0.3, 0.4) is 0 Å². The molecule has 34 heavy (non-hydrogen) atoms. The van der Waals surface area contributed by atoms with Crippen molar-refractivity contribution in [3.63, 3.8) is 0 Å². The summed E-state index contributed by atoms with van der Waals surface area (Å²) < 4.78 is 51.7. The van der Waals surface area contributed by atoms with E-state index >= 15 is 0 Å². The molecule has 0 heterocycles. The number of rotatable bonds is 9. The monoisotopic (exact) mass is 526 g/mol. The normalized spacial score (nSPS) is 11.1. The van der Waals surface area contributed by atoms with Gasteiger partial charge in [-0.15, -0.1) is 0 Å². The summed E-state index contributed by atoms with van der Waals surface area (Å²) in [6.07, 6.45) is 0. The molecule has 0 saturated heterocycles. The number of ether oxygens (including phenoxy) is 2. The van der Waals surface area contributed by atoms with E-state index in [0.717, 1.165) is 16.4 Å². The zero-order chi connectivity index (χ0) is 24.9. The van der Waals surface area contributed by atoms with Gasteiger partial charge in [-0.1, -0.05) is 29.3 Å². The number of nitrogens with one attached hydrogen (secondary N) is 1. The number of anilines is 1. The lowest BCUT2D eigenvalue weighted by molar-refractivity contribution is -0.119. The lowest BCUT2D eigenvalue weighted by atomic mass is 10.2. The van der Waals surface area contributed by atoms with Crippen molar-refractivity contribution in [1.29, 1.82) is 0 Å². The average molecular weight is 527 g/mol. The van der Waals surface area contributed by atoms with Crippen LogP contribution in [0.1, 0.15) is 5.56 Å². The van der Waals surface area contributed by atoms with E-state index in [9.17, 15) is 17.6 Å². The Kier molecular flexibility index (Phi) is 8.24. The van der Waals surface area contributed by atoms with Gasteiger partial charge >= 0.3 is 0 Å². The molecular weight excluding hydrogens is 506 g/mol. The van der Waals surface area contributed by atoms with Gasteiger partial charge in [0.05, 0.1) is 24.8 Å². The van der Waals surface area contributed by atoms with Crippen molar-refractivity contribution in [3.8, 4) is 11.5 Å². The third-order valence-electron chi connectivity index (χ3n) is 4.84. The Bertz CT molecular complexity index is 1290. The minimum absolute atomic E-state index is 0.0580. The van der Waals surface area contributed by atoms with Crippen molar-refractivity contribution < 1.29 is 27.1 Å². The average Bonchev–Trinajstić information content (AvgIpc) is 2.82. The summed E-state index contributed by atoms with van der Waals surface area (Å²) in [6, 6.07) is 13.6. The van der Waals surface area contributed by atoms with Crippen LogP contribution in [-0.2, 0) is 21.4 Å². The largest absolute Gasteiger partial charge is 0.493 e. The third-order valence-corrected chi connectivity index (χ3v) is 7.19. The fourth-order valence-electron chi connectivity index (χ4n) is 3.07. The topological polar surface area (TPSA) is 84.9 Å². The lowest BCUT2D eigenvalue weighted by Crippen LogP contribution is -2.40. The molecule has 0 unspecified atom stereocenters. The fourth-order valence-corrected chi connectivity index (χ4v) is 4.98. The van der Waals surface area contributed by atoms with Gasteiger partial charge in [0.15, 0.2) is 11.5 Å². The van der Waals surface area contributed by atoms with E-state index in [4.69, 9.17) is 32.7 Å². The molecule has 0 spiro atoms. The van der Waals surface area contributed by atoms with E-state index in [1.54, 1.807) is 12.1 Å². The molecule has 7 nitrogen and oxygen atoms in total. The van der Waals surface area contributed by atoms with Crippen LogP contribution in [0.4, 0.5) is 10.1 Å². The van der Waals surface area contributed by atoms with E-state index in [2.05, 4.69) is 5.32 Å². The SMILES string of the molecule is COc1ccc(S(=O)(=O)N(CC(=O)NCc2ccc(Cl)cc2Cl)c2ccc(F)cc2)cc1OC. The Morgan fingerprint density at radius 1 is 0.971 bits per heavy atom. The Morgan fingerprint density at radius 2 is 1.65 bits per heavy atom. The summed E-state index contributed by atoms with van der Waals surface area (Å²) in [7, 11) is -1.44. The van der Waals surface area contributed by atoms with Crippen LogP contribution in [0.15, 0.2) is 65.6 Å². The number of methoxy groups -OCH3 is 2. The highest BCUT2D eigenvalue weighted by molar-refractivity contribution is 7.92. The van der Waals surface area contributed by atoms with E-state index in [1.165, 1.54) is 50.6 Å². The van der Waals surface area contributed by atoms with Crippen molar-refractivity contribution in [3.05, 3.63) is 82.1 Å². The van der Waals surface area contributed by atoms with Gasteiger partial charge in [0.25, 0.3) is 10.0 Å². The van der Waals surface area contributed by atoms with Crippen LogP contribution in [0.5, 0.6) is 11.5 Å². The fraction of sp³-hybridized carbons (Fsp3) is 0.174. The summed E-state index contributed by atoms with van der Waals surface area (Å²) >= 11 is 12.0. The van der Waals surface area contributed by atoms with E-state index in [0.29, 0.717) is 21.4 Å². The first-order valence-corrected chi connectivity index (χ1v) is 12.1. The molecular formula is C23H21Cl2FN2O5S. The number of halogens is 3. The van der Waals surface area contributed by atoms with Gasteiger partial charge in [-0.25, -0.2) is 12.8 Å². The number of hydrogen-bond donors (Lipinski definition) is 1. The van der Waals surface area contributed by atoms with Crippen molar-refractivity contribution in [1.82, 2.24) is 5.32 Å². The highest BCUT2D eigenvalue weighted by Crippen LogP contribution is 2.32. The summed E-state index contributed by atoms with van der Waals surface area (Å²) in [5.41, 5.74) is 0.714. The van der Waals surface area contributed by atoms with Crippen molar-refractivity contribution in [2.24, 2.45) is 0 Å². The number of hydrogen-bond acceptors (Lipinski definition) is 5. The molecule has 0 atom stereocenters. The minimum Gasteiger partial charge on any atom is -0.493 e. The molecule has 3 aromatic carbocycles. The van der Waals surface area contributed by atoms with Crippen LogP contribution in [0.25, 0.3) is 0 Å². The second-order valence-electron chi connectivity index (χ2n) is 7.02. The molecule has 0 aliphatic heterocycles. The van der Waals surface area contributed by atoms with Crippen molar-refractivity contribution in [2.45, 2.75) is 11.4 Å². The van der Waals surface area contributed by atoms with E-state index in [-0.39, 0.29) is 22.9 Å². The van der Waals surface area contributed by atoms with Gasteiger partial charge in [0, 0.05) is 22.7 Å². The van der Waals surface area contributed by atoms with Gasteiger partial charge in [0.2, 0.25) is 5.91 Å². The van der Waals surface area contributed by atoms with Crippen LogP contribution in [0, 0.1) is 5.82 Å². The summed E-state index contributed by atoms with van der Waals surface area (Å²) in [5.74, 6) is -0.606. The molecule has 0 radical (unpaired) electrons. The third kappa shape index (κ3) is 5.91. The number of nitrogens with zero attached hydrogens (tertiary/aromatic N) is 1. The molecule has 0 saturated carbocycles. The smallest absolute Gasteiger partial charge is 0.264 e. The summed E-state index contributed by atoms with van der Waals surface area (Å²) in [6.45, 7) is -0.504. The predicted octanol–water partition coefficient (Wildman–Crippen LogP) is 4.66. The highest BCUT2D eigenvalue weighted by atomic mass is 35.5. The standard InChI is InChI=1S/C23H21Cl2FN2O5S/c1-32-21-10-9-19(12-22(21)33-2)34(30,31)28(18-7-5-17(26)6-8-18)14-23(29)27-13-15-3-4-16(24)11-20(15)25/h3-12H,13-14H2,1-2H3,(H,27,29). The molecule has 0 bridgehead atoms.